The second kappa shape index (κ2) is 11.1. The Balaban J connectivity index is 1.82. The Morgan fingerprint density at radius 3 is 1.75 bits per heavy atom. The Kier molecular flexibility index (Phi) is 8.51. The number of pyridine rings is 2. The van der Waals surface area contributed by atoms with Crippen LogP contribution in [-0.4, -0.2) is 76.8 Å². The topological polar surface area (TPSA) is 120 Å². The van der Waals surface area contributed by atoms with Crippen molar-refractivity contribution in [1.29, 1.82) is 0 Å². The summed E-state index contributed by atoms with van der Waals surface area (Å²) in [5.74, 6) is 0.242. The van der Waals surface area contributed by atoms with Gasteiger partial charge in [0.1, 0.15) is 22.9 Å². The maximum absolute atomic E-state index is 9.78. The normalized spacial score (nSPS) is 11.9. The summed E-state index contributed by atoms with van der Waals surface area (Å²) in [6, 6.07) is 6.73. The molecule has 0 radical (unpaired) electrons. The van der Waals surface area contributed by atoms with Gasteiger partial charge in [-0.15, -0.1) is 0 Å². The third kappa shape index (κ3) is 7.05. The average Bonchev–Trinajstić information content (AvgIpc) is 2.67. The molecule has 0 saturated heterocycles. The van der Waals surface area contributed by atoms with Gasteiger partial charge < -0.3 is 15.9 Å². The number of hydrogen-bond donors (Lipinski definition) is 3. The fourth-order valence-corrected chi connectivity index (χ4v) is 2.55. The molecule has 2 aromatic heterocycles. The average molecular weight is 384 g/mol. The SMILES string of the molecule is Cc1ccc(O)c(C=NCCN(CCN)CCN=Cc2nc(C)ccc2O)n1. The molecule has 28 heavy (non-hydrogen) atoms. The number of hydrogen-bond acceptors (Lipinski definition) is 8. The van der Waals surface area contributed by atoms with E-state index in [4.69, 9.17) is 5.73 Å². The lowest BCUT2D eigenvalue weighted by atomic mass is 10.3. The first-order chi connectivity index (χ1) is 13.5. The van der Waals surface area contributed by atoms with Crippen LogP contribution in [0.5, 0.6) is 11.5 Å². The Hall–Kier alpha value is -2.84. The third-order valence-electron chi connectivity index (χ3n) is 4.05. The molecule has 2 rings (SSSR count). The van der Waals surface area contributed by atoms with Crippen molar-refractivity contribution < 1.29 is 10.2 Å². The van der Waals surface area contributed by atoms with Gasteiger partial charge in [-0.2, -0.15) is 0 Å². The summed E-state index contributed by atoms with van der Waals surface area (Å²) >= 11 is 0. The standard InChI is InChI=1S/C20H28N6O2/c1-15-3-5-19(27)17(24-15)13-22-8-11-26(10-7-21)12-9-23-14-18-20(28)6-4-16(2)25-18/h3-6,13-14,27-28H,7-12,21H2,1-2H3. The lowest BCUT2D eigenvalue weighted by Gasteiger charge is -2.19. The zero-order chi connectivity index (χ0) is 20.4. The van der Waals surface area contributed by atoms with Gasteiger partial charge in [-0.25, -0.2) is 9.97 Å². The monoisotopic (exact) mass is 384 g/mol. The Morgan fingerprint density at radius 1 is 0.857 bits per heavy atom. The zero-order valence-electron chi connectivity index (χ0n) is 16.4. The minimum Gasteiger partial charge on any atom is -0.506 e. The first-order valence-corrected chi connectivity index (χ1v) is 9.25. The molecule has 8 nitrogen and oxygen atoms in total. The summed E-state index contributed by atoms with van der Waals surface area (Å²) in [7, 11) is 0. The van der Waals surface area contributed by atoms with E-state index < -0.39 is 0 Å². The van der Waals surface area contributed by atoms with Crippen LogP contribution in [-0.2, 0) is 0 Å². The van der Waals surface area contributed by atoms with E-state index in [-0.39, 0.29) is 11.5 Å². The smallest absolute Gasteiger partial charge is 0.142 e. The molecule has 0 aliphatic carbocycles. The van der Waals surface area contributed by atoms with Gasteiger partial charge in [0.15, 0.2) is 0 Å². The van der Waals surface area contributed by atoms with Crippen LogP contribution in [0.2, 0.25) is 0 Å². The second-order valence-corrected chi connectivity index (χ2v) is 6.41. The lowest BCUT2D eigenvalue weighted by Crippen LogP contribution is -2.33. The second-order valence-electron chi connectivity index (χ2n) is 6.41. The van der Waals surface area contributed by atoms with Crippen LogP contribution in [0.4, 0.5) is 0 Å². The maximum atomic E-state index is 9.78. The van der Waals surface area contributed by atoms with Crippen molar-refractivity contribution in [2.75, 3.05) is 39.3 Å². The summed E-state index contributed by atoms with van der Waals surface area (Å²) in [5.41, 5.74) is 8.29. The molecule has 8 heteroatoms. The number of rotatable bonds is 10. The van der Waals surface area contributed by atoms with Crippen LogP contribution >= 0.6 is 0 Å². The highest BCUT2D eigenvalue weighted by Gasteiger charge is 2.04. The molecule has 0 saturated carbocycles. The van der Waals surface area contributed by atoms with Crippen molar-refractivity contribution in [3.8, 4) is 11.5 Å². The predicted octanol–water partition coefficient (Wildman–Crippen LogP) is 1.30. The predicted molar refractivity (Wildman–Crippen MR) is 112 cm³/mol. The molecule has 0 unspecified atom stereocenters. The summed E-state index contributed by atoms with van der Waals surface area (Å²) in [6.07, 6.45) is 3.18. The summed E-state index contributed by atoms with van der Waals surface area (Å²) < 4.78 is 0. The first kappa shape index (κ1) is 21.5. The van der Waals surface area contributed by atoms with Crippen LogP contribution in [0, 0.1) is 13.8 Å². The van der Waals surface area contributed by atoms with Crippen molar-refractivity contribution in [2.45, 2.75) is 13.8 Å². The molecule has 0 amide bonds. The molecule has 150 valence electrons. The molecule has 2 aromatic rings. The number of aryl methyl sites for hydroxylation is 2. The van der Waals surface area contributed by atoms with E-state index in [1.807, 2.05) is 13.8 Å². The Bertz CT molecular complexity index is 757. The highest BCUT2D eigenvalue weighted by Crippen LogP contribution is 2.13. The number of nitrogens with zero attached hydrogens (tertiary/aromatic N) is 5. The van der Waals surface area contributed by atoms with Gasteiger partial charge in [-0.3, -0.25) is 14.9 Å². The Morgan fingerprint density at radius 2 is 1.32 bits per heavy atom. The van der Waals surface area contributed by atoms with Crippen molar-refractivity contribution >= 4 is 12.4 Å². The van der Waals surface area contributed by atoms with E-state index in [1.165, 1.54) is 0 Å². The van der Waals surface area contributed by atoms with E-state index in [2.05, 4.69) is 24.9 Å². The van der Waals surface area contributed by atoms with Gasteiger partial charge in [0, 0.05) is 37.6 Å². The minimum atomic E-state index is 0.121. The zero-order valence-corrected chi connectivity index (χ0v) is 16.4. The number of aromatic nitrogens is 2. The largest absolute Gasteiger partial charge is 0.506 e. The van der Waals surface area contributed by atoms with Gasteiger partial charge in [0.25, 0.3) is 0 Å². The molecular weight excluding hydrogens is 356 g/mol. The molecule has 4 N–H and O–H groups in total. The Labute approximate surface area is 165 Å². The van der Waals surface area contributed by atoms with Crippen molar-refractivity contribution in [2.24, 2.45) is 15.7 Å². The summed E-state index contributed by atoms with van der Waals surface area (Å²) in [4.78, 5) is 19.4. The third-order valence-corrected chi connectivity index (χ3v) is 4.05. The van der Waals surface area contributed by atoms with Crippen LogP contribution in [0.25, 0.3) is 0 Å². The highest BCUT2D eigenvalue weighted by atomic mass is 16.3. The van der Waals surface area contributed by atoms with E-state index in [1.54, 1.807) is 36.7 Å². The minimum absolute atomic E-state index is 0.121. The molecule has 0 aromatic carbocycles. The van der Waals surface area contributed by atoms with E-state index in [0.29, 0.717) is 31.0 Å². The van der Waals surface area contributed by atoms with E-state index in [0.717, 1.165) is 31.0 Å². The molecule has 0 spiro atoms. The first-order valence-electron chi connectivity index (χ1n) is 9.25. The van der Waals surface area contributed by atoms with Crippen LogP contribution < -0.4 is 5.73 Å². The van der Waals surface area contributed by atoms with Crippen molar-refractivity contribution in [3.63, 3.8) is 0 Å². The van der Waals surface area contributed by atoms with E-state index in [9.17, 15) is 10.2 Å². The number of aliphatic imine (C=N–C) groups is 2. The molecule has 0 fully saturated rings. The van der Waals surface area contributed by atoms with Gasteiger partial charge in [0.2, 0.25) is 0 Å². The van der Waals surface area contributed by atoms with Crippen LogP contribution in [0.1, 0.15) is 22.8 Å². The van der Waals surface area contributed by atoms with Crippen molar-refractivity contribution in [1.82, 2.24) is 14.9 Å². The molecule has 2 heterocycles. The quantitative estimate of drug-likeness (QED) is 0.531. The van der Waals surface area contributed by atoms with Crippen molar-refractivity contribution in [3.05, 3.63) is 47.0 Å². The maximum Gasteiger partial charge on any atom is 0.142 e. The van der Waals surface area contributed by atoms with Crippen LogP contribution in [0.15, 0.2) is 34.3 Å². The molecular formula is C20H28N6O2. The van der Waals surface area contributed by atoms with E-state index >= 15 is 0 Å². The molecule has 0 aliphatic rings. The summed E-state index contributed by atoms with van der Waals surface area (Å²) in [6.45, 7) is 7.62. The van der Waals surface area contributed by atoms with Crippen LogP contribution in [0.3, 0.4) is 0 Å². The van der Waals surface area contributed by atoms with Gasteiger partial charge in [0.05, 0.1) is 25.5 Å². The molecule has 0 atom stereocenters. The summed E-state index contributed by atoms with van der Waals surface area (Å²) in [5, 5.41) is 19.6. The molecule has 0 bridgehead atoms. The number of nitrogens with two attached hydrogens (primary N) is 1. The molecule has 0 aliphatic heterocycles. The fraction of sp³-hybridized carbons (Fsp3) is 0.400. The fourth-order valence-electron chi connectivity index (χ4n) is 2.55. The van der Waals surface area contributed by atoms with Gasteiger partial charge in [-0.05, 0) is 38.1 Å². The number of aromatic hydroxyl groups is 2. The van der Waals surface area contributed by atoms with Gasteiger partial charge in [-0.1, -0.05) is 0 Å². The van der Waals surface area contributed by atoms with Gasteiger partial charge >= 0.3 is 0 Å². The highest BCUT2D eigenvalue weighted by molar-refractivity contribution is 5.81. The lowest BCUT2D eigenvalue weighted by molar-refractivity contribution is 0.298.